The fourth-order valence-corrected chi connectivity index (χ4v) is 3.14. The fourth-order valence-electron chi connectivity index (χ4n) is 3.14. The number of benzene rings is 2. The first-order valence-corrected chi connectivity index (χ1v) is 8.64. The predicted molar refractivity (Wildman–Crippen MR) is 96.5 cm³/mol. The Morgan fingerprint density at radius 3 is 2.36 bits per heavy atom. The minimum Gasteiger partial charge on any atom is -0.298 e. The van der Waals surface area contributed by atoms with Gasteiger partial charge in [-0.1, -0.05) is 48.5 Å². The molecule has 0 aliphatic carbocycles. The first-order chi connectivity index (χ1) is 12.2. The lowest BCUT2D eigenvalue weighted by molar-refractivity contribution is -0.127. The van der Waals surface area contributed by atoms with Crippen LogP contribution in [0.5, 0.6) is 0 Å². The summed E-state index contributed by atoms with van der Waals surface area (Å²) in [6.07, 6.45) is 1.83. The van der Waals surface area contributed by atoms with Crippen LogP contribution < -0.4 is 10.9 Å². The molecule has 5 heteroatoms. The number of piperidine rings is 1. The molecule has 0 radical (unpaired) electrons. The molecule has 1 saturated heterocycles. The van der Waals surface area contributed by atoms with Crippen molar-refractivity contribution in [2.75, 3.05) is 13.1 Å². The Kier molecular flexibility index (Phi) is 5.80. The van der Waals surface area contributed by atoms with Gasteiger partial charge in [0.25, 0.3) is 5.91 Å². The van der Waals surface area contributed by atoms with Crippen LogP contribution in [0.2, 0.25) is 0 Å². The van der Waals surface area contributed by atoms with Crippen LogP contribution >= 0.6 is 0 Å². The van der Waals surface area contributed by atoms with Crippen molar-refractivity contribution in [1.82, 2.24) is 15.8 Å². The molecule has 0 spiro atoms. The molecule has 1 heterocycles. The zero-order valence-corrected chi connectivity index (χ0v) is 14.2. The Morgan fingerprint density at radius 2 is 1.64 bits per heavy atom. The van der Waals surface area contributed by atoms with E-state index in [2.05, 4.69) is 27.9 Å². The number of likely N-dealkylation sites (tertiary alicyclic amines) is 1. The van der Waals surface area contributed by atoms with E-state index >= 15 is 0 Å². The van der Waals surface area contributed by atoms with E-state index in [1.54, 1.807) is 24.3 Å². The van der Waals surface area contributed by atoms with Gasteiger partial charge in [-0.05, 0) is 37.1 Å². The van der Waals surface area contributed by atoms with E-state index in [-0.39, 0.29) is 17.7 Å². The van der Waals surface area contributed by atoms with Crippen molar-refractivity contribution in [2.24, 2.45) is 5.92 Å². The van der Waals surface area contributed by atoms with Crippen molar-refractivity contribution in [3.8, 4) is 0 Å². The molecule has 3 rings (SSSR count). The summed E-state index contributed by atoms with van der Waals surface area (Å²) in [5.74, 6) is -0.526. The maximum absolute atomic E-state index is 12.4. The van der Waals surface area contributed by atoms with Gasteiger partial charge in [-0.25, -0.2) is 0 Å². The molecular weight excluding hydrogens is 314 g/mol. The van der Waals surface area contributed by atoms with Gasteiger partial charge in [-0.3, -0.25) is 25.3 Å². The molecule has 0 bridgehead atoms. The standard InChI is InChI=1S/C20H23N3O2/c24-19(17-10-5-2-6-11-17)21-22-20(25)18-12-7-13-23(15-18)14-16-8-3-1-4-9-16/h1-6,8-11,18H,7,12-15H2,(H,21,24)(H,22,25). The summed E-state index contributed by atoms with van der Waals surface area (Å²) in [5, 5.41) is 0. The predicted octanol–water partition coefficient (Wildman–Crippen LogP) is 2.36. The number of hydrogen-bond acceptors (Lipinski definition) is 3. The van der Waals surface area contributed by atoms with Gasteiger partial charge in [-0.15, -0.1) is 0 Å². The first-order valence-electron chi connectivity index (χ1n) is 8.64. The highest BCUT2D eigenvalue weighted by Crippen LogP contribution is 2.18. The highest BCUT2D eigenvalue weighted by atomic mass is 16.2. The molecule has 25 heavy (non-hydrogen) atoms. The summed E-state index contributed by atoms with van der Waals surface area (Å²) in [6, 6.07) is 19.1. The lowest BCUT2D eigenvalue weighted by atomic mass is 9.97. The molecule has 1 fully saturated rings. The van der Waals surface area contributed by atoms with Gasteiger partial charge in [0.1, 0.15) is 0 Å². The molecule has 0 aromatic heterocycles. The number of amides is 2. The fraction of sp³-hybridized carbons (Fsp3) is 0.300. The van der Waals surface area contributed by atoms with Gasteiger partial charge in [0.05, 0.1) is 5.92 Å². The third-order valence-electron chi connectivity index (χ3n) is 4.46. The Hall–Kier alpha value is -2.66. The molecule has 2 amide bonds. The third-order valence-corrected chi connectivity index (χ3v) is 4.46. The quantitative estimate of drug-likeness (QED) is 0.842. The molecule has 0 saturated carbocycles. The van der Waals surface area contributed by atoms with Crippen molar-refractivity contribution < 1.29 is 9.59 Å². The second kappa shape index (κ2) is 8.44. The van der Waals surface area contributed by atoms with E-state index < -0.39 is 0 Å². The Morgan fingerprint density at radius 1 is 0.960 bits per heavy atom. The van der Waals surface area contributed by atoms with Gasteiger partial charge < -0.3 is 0 Å². The minimum absolute atomic E-state index is 0.103. The zero-order valence-electron chi connectivity index (χ0n) is 14.2. The van der Waals surface area contributed by atoms with Crippen molar-refractivity contribution in [3.05, 3.63) is 71.8 Å². The number of carbonyl (C=O) groups is 2. The maximum Gasteiger partial charge on any atom is 0.269 e. The van der Waals surface area contributed by atoms with E-state index in [9.17, 15) is 9.59 Å². The van der Waals surface area contributed by atoms with Gasteiger partial charge in [0, 0.05) is 18.7 Å². The van der Waals surface area contributed by atoms with Crippen LogP contribution in [0, 0.1) is 5.92 Å². The van der Waals surface area contributed by atoms with Crippen LogP contribution in [0.25, 0.3) is 0 Å². The number of hydrazine groups is 1. The highest BCUT2D eigenvalue weighted by molar-refractivity contribution is 5.95. The molecule has 2 aromatic rings. The normalized spacial score (nSPS) is 17.7. The molecule has 1 aliphatic rings. The largest absolute Gasteiger partial charge is 0.298 e. The maximum atomic E-state index is 12.4. The summed E-state index contributed by atoms with van der Waals surface area (Å²) in [6.45, 7) is 2.55. The first kappa shape index (κ1) is 17.2. The second-order valence-electron chi connectivity index (χ2n) is 6.37. The van der Waals surface area contributed by atoms with Crippen LogP contribution in [0.4, 0.5) is 0 Å². The number of hydrogen-bond donors (Lipinski definition) is 2. The van der Waals surface area contributed by atoms with E-state index in [4.69, 9.17) is 0 Å². The topological polar surface area (TPSA) is 61.4 Å². The van der Waals surface area contributed by atoms with Gasteiger partial charge >= 0.3 is 0 Å². The average molecular weight is 337 g/mol. The number of nitrogens with zero attached hydrogens (tertiary/aromatic N) is 1. The third kappa shape index (κ3) is 4.90. The van der Waals surface area contributed by atoms with Crippen LogP contribution in [0.1, 0.15) is 28.8 Å². The van der Waals surface area contributed by atoms with E-state index in [1.807, 2.05) is 24.3 Å². The van der Waals surface area contributed by atoms with Crippen LogP contribution in [0.15, 0.2) is 60.7 Å². The smallest absolute Gasteiger partial charge is 0.269 e. The van der Waals surface area contributed by atoms with E-state index in [0.717, 1.165) is 25.9 Å². The zero-order chi connectivity index (χ0) is 17.5. The molecule has 1 atom stereocenters. The molecule has 2 N–H and O–H groups in total. The van der Waals surface area contributed by atoms with Crippen LogP contribution in [0.3, 0.4) is 0 Å². The summed E-state index contributed by atoms with van der Waals surface area (Å²) in [7, 11) is 0. The minimum atomic E-state index is -0.300. The molecule has 5 nitrogen and oxygen atoms in total. The van der Waals surface area contributed by atoms with Crippen LogP contribution in [-0.2, 0) is 11.3 Å². The monoisotopic (exact) mass is 337 g/mol. The number of carbonyl (C=O) groups excluding carboxylic acids is 2. The number of rotatable bonds is 4. The lowest BCUT2D eigenvalue weighted by Gasteiger charge is -2.32. The molecule has 130 valence electrons. The Balaban J connectivity index is 1.49. The van der Waals surface area contributed by atoms with Crippen LogP contribution in [-0.4, -0.2) is 29.8 Å². The summed E-state index contributed by atoms with van der Waals surface area (Å²) in [4.78, 5) is 26.7. The van der Waals surface area contributed by atoms with Gasteiger partial charge in [-0.2, -0.15) is 0 Å². The highest BCUT2D eigenvalue weighted by Gasteiger charge is 2.26. The summed E-state index contributed by atoms with van der Waals surface area (Å²) in [5.41, 5.74) is 6.85. The molecule has 2 aromatic carbocycles. The lowest BCUT2D eigenvalue weighted by Crippen LogP contribution is -2.48. The molecular formula is C20H23N3O2. The summed E-state index contributed by atoms with van der Waals surface area (Å²) >= 11 is 0. The van der Waals surface area contributed by atoms with Gasteiger partial charge in [0.2, 0.25) is 5.91 Å². The SMILES string of the molecule is O=C(NNC(=O)C1CCCN(Cc2ccccc2)C1)c1ccccc1. The van der Waals surface area contributed by atoms with E-state index in [1.165, 1.54) is 5.56 Å². The van der Waals surface area contributed by atoms with Crippen molar-refractivity contribution in [3.63, 3.8) is 0 Å². The summed E-state index contributed by atoms with van der Waals surface area (Å²) < 4.78 is 0. The molecule has 1 unspecified atom stereocenters. The van der Waals surface area contributed by atoms with E-state index in [0.29, 0.717) is 12.1 Å². The second-order valence-corrected chi connectivity index (χ2v) is 6.37. The Labute approximate surface area is 148 Å². The Bertz CT molecular complexity index is 703. The van der Waals surface area contributed by atoms with Gasteiger partial charge in [0.15, 0.2) is 0 Å². The number of nitrogens with one attached hydrogen (secondary N) is 2. The van der Waals surface area contributed by atoms with Crippen molar-refractivity contribution >= 4 is 11.8 Å². The average Bonchev–Trinajstić information content (AvgIpc) is 2.67. The molecule has 1 aliphatic heterocycles. The van der Waals surface area contributed by atoms with Crippen molar-refractivity contribution in [1.29, 1.82) is 0 Å². The van der Waals surface area contributed by atoms with Crippen molar-refractivity contribution in [2.45, 2.75) is 19.4 Å².